The highest BCUT2D eigenvalue weighted by molar-refractivity contribution is 6.29. The van der Waals surface area contributed by atoms with Crippen molar-refractivity contribution in [3.8, 4) is 0 Å². The molecule has 2 rings (SSSR count). The Morgan fingerprint density at radius 1 is 1.50 bits per heavy atom. The molecule has 0 spiro atoms. The highest BCUT2D eigenvalue weighted by Crippen LogP contribution is 2.44. The van der Waals surface area contributed by atoms with Crippen molar-refractivity contribution in [2.75, 3.05) is 5.32 Å². The fraction of sp³-hybridized carbons (Fsp3) is 0.600. The molecule has 1 aliphatic carbocycles. The van der Waals surface area contributed by atoms with Crippen molar-refractivity contribution >= 4 is 23.2 Å². The van der Waals surface area contributed by atoms with Gasteiger partial charge in [0.25, 0.3) is 0 Å². The van der Waals surface area contributed by atoms with Gasteiger partial charge in [-0.25, -0.2) is 4.98 Å². The Morgan fingerprint density at radius 2 is 2.20 bits per heavy atom. The normalized spacial score (nSPS) is 28.9. The first-order valence-electron chi connectivity index (χ1n) is 7.00. The van der Waals surface area contributed by atoms with E-state index in [4.69, 9.17) is 17.3 Å². The van der Waals surface area contributed by atoms with Crippen LogP contribution in [0.15, 0.2) is 18.3 Å². The third kappa shape index (κ3) is 2.96. The van der Waals surface area contributed by atoms with Crippen LogP contribution in [0.2, 0.25) is 5.15 Å². The molecule has 0 radical (unpaired) electrons. The number of nitrogens with two attached hydrogens (primary N) is 1. The monoisotopic (exact) mass is 295 g/mol. The molecule has 1 fully saturated rings. The maximum absolute atomic E-state index is 12.5. The number of pyridine rings is 1. The molecule has 1 aliphatic rings. The zero-order valence-corrected chi connectivity index (χ0v) is 12.9. The Balaban J connectivity index is 2.13. The molecule has 3 N–H and O–H groups in total. The Bertz CT molecular complexity index is 504. The van der Waals surface area contributed by atoms with Gasteiger partial charge in [0.05, 0.1) is 0 Å². The van der Waals surface area contributed by atoms with E-state index in [-0.39, 0.29) is 23.3 Å². The molecule has 1 amide bonds. The van der Waals surface area contributed by atoms with Crippen LogP contribution >= 0.6 is 11.6 Å². The Hall–Kier alpha value is -1.13. The molecular formula is C15H22ClN3O. The van der Waals surface area contributed by atoms with Gasteiger partial charge >= 0.3 is 0 Å². The Kier molecular flexibility index (Phi) is 4.35. The number of hydrogen-bond donors (Lipinski definition) is 2. The van der Waals surface area contributed by atoms with Crippen molar-refractivity contribution in [2.24, 2.45) is 23.0 Å². The first-order chi connectivity index (χ1) is 9.32. The van der Waals surface area contributed by atoms with Crippen LogP contribution in [-0.4, -0.2) is 16.9 Å². The first kappa shape index (κ1) is 15.3. The summed E-state index contributed by atoms with van der Waals surface area (Å²) < 4.78 is 0. The number of nitrogens with one attached hydrogen (secondary N) is 1. The molecule has 1 saturated carbocycles. The highest BCUT2D eigenvalue weighted by atomic mass is 35.5. The lowest BCUT2D eigenvalue weighted by atomic mass is 9.61. The second-order valence-corrected chi connectivity index (χ2v) is 6.65. The van der Waals surface area contributed by atoms with E-state index in [1.807, 2.05) is 0 Å². The molecule has 1 aromatic heterocycles. The van der Waals surface area contributed by atoms with Gasteiger partial charge < -0.3 is 11.1 Å². The van der Waals surface area contributed by atoms with E-state index in [2.05, 4.69) is 31.1 Å². The fourth-order valence-electron chi connectivity index (χ4n) is 3.03. The largest absolute Gasteiger partial charge is 0.327 e. The van der Waals surface area contributed by atoms with Crippen LogP contribution in [0.3, 0.4) is 0 Å². The summed E-state index contributed by atoms with van der Waals surface area (Å²) in [6.07, 6.45) is 3.30. The van der Waals surface area contributed by atoms with Gasteiger partial charge in [0.15, 0.2) is 0 Å². The third-order valence-corrected chi connectivity index (χ3v) is 5.02. The van der Waals surface area contributed by atoms with Crippen LogP contribution in [0.4, 0.5) is 5.69 Å². The van der Waals surface area contributed by atoms with Crippen LogP contribution in [-0.2, 0) is 4.79 Å². The molecule has 4 nitrogen and oxygen atoms in total. The molecule has 5 heteroatoms. The van der Waals surface area contributed by atoms with Gasteiger partial charge in [0.2, 0.25) is 5.91 Å². The summed E-state index contributed by atoms with van der Waals surface area (Å²) in [7, 11) is 0. The lowest BCUT2D eigenvalue weighted by molar-refractivity contribution is -0.127. The summed E-state index contributed by atoms with van der Waals surface area (Å²) in [4.78, 5) is 16.4. The summed E-state index contributed by atoms with van der Waals surface area (Å²) in [6.45, 7) is 6.38. The summed E-state index contributed by atoms with van der Waals surface area (Å²) in [5.41, 5.74) is 6.71. The molecule has 110 valence electrons. The number of carbonyl (C=O) groups is 1. The second-order valence-electron chi connectivity index (χ2n) is 6.26. The molecule has 0 aromatic carbocycles. The van der Waals surface area contributed by atoms with Crippen LogP contribution in [0, 0.1) is 17.3 Å². The summed E-state index contributed by atoms with van der Waals surface area (Å²) in [5.74, 6) is 0.313. The Labute approximate surface area is 125 Å². The summed E-state index contributed by atoms with van der Waals surface area (Å²) in [6, 6.07) is 3.57. The first-order valence-corrected chi connectivity index (χ1v) is 7.38. The lowest BCUT2D eigenvalue weighted by Gasteiger charge is -2.46. The average molecular weight is 296 g/mol. The Morgan fingerprint density at radius 3 is 2.85 bits per heavy atom. The predicted octanol–water partition coefficient (Wildman–Crippen LogP) is 3.07. The van der Waals surface area contributed by atoms with E-state index in [0.717, 1.165) is 12.8 Å². The average Bonchev–Trinajstić information content (AvgIpc) is 2.36. The van der Waals surface area contributed by atoms with E-state index in [9.17, 15) is 4.79 Å². The number of aromatic nitrogens is 1. The van der Waals surface area contributed by atoms with Crippen LogP contribution in [0.1, 0.15) is 33.6 Å². The SMILES string of the molecule is CC1C(N)CCC(C(=O)Nc2ccnc(Cl)c2)C1(C)C. The molecule has 0 aliphatic heterocycles. The number of amides is 1. The summed E-state index contributed by atoms with van der Waals surface area (Å²) in [5, 5.41) is 3.32. The number of nitrogens with zero attached hydrogens (tertiary/aromatic N) is 1. The minimum atomic E-state index is -0.113. The predicted molar refractivity (Wildman–Crippen MR) is 81.5 cm³/mol. The molecule has 3 unspecified atom stereocenters. The summed E-state index contributed by atoms with van der Waals surface area (Å²) >= 11 is 5.83. The van der Waals surface area contributed by atoms with Gasteiger partial charge in [-0.15, -0.1) is 0 Å². The number of carbonyl (C=O) groups excluding carboxylic acids is 1. The topological polar surface area (TPSA) is 68.0 Å². The number of anilines is 1. The van der Waals surface area contributed by atoms with E-state index >= 15 is 0 Å². The second kappa shape index (κ2) is 5.70. The van der Waals surface area contributed by atoms with Crippen molar-refractivity contribution in [2.45, 2.75) is 39.7 Å². The van der Waals surface area contributed by atoms with Gasteiger partial charge in [-0.2, -0.15) is 0 Å². The van der Waals surface area contributed by atoms with Gasteiger partial charge in [-0.1, -0.05) is 32.4 Å². The smallest absolute Gasteiger partial charge is 0.228 e. The minimum Gasteiger partial charge on any atom is -0.327 e. The van der Waals surface area contributed by atoms with Crippen molar-refractivity contribution in [1.82, 2.24) is 4.98 Å². The number of rotatable bonds is 2. The molecular weight excluding hydrogens is 274 g/mol. The quantitative estimate of drug-likeness (QED) is 0.824. The van der Waals surface area contributed by atoms with Crippen molar-refractivity contribution in [3.63, 3.8) is 0 Å². The molecule has 0 saturated heterocycles. The standard InChI is InChI=1S/C15H22ClN3O/c1-9-12(17)5-4-11(15(9,2)3)14(20)19-10-6-7-18-13(16)8-10/h6-9,11-12H,4-5,17H2,1-3H3,(H,18,19,20). The van der Waals surface area contributed by atoms with Gasteiger partial charge in [-0.05, 0) is 36.3 Å². The highest BCUT2D eigenvalue weighted by Gasteiger charge is 2.44. The minimum absolute atomic E-state index is 0.0377. The molecule has 0 bridgehead atoms. The maximum atomic E-state index is 12.5. The van der Waals surface area contributed by atoms with Gasteiger partial charge in [0, 0.05) is 23.8 Å². The van der Waals surface area contributed by atoms with Crippen LogP contribution < -0.4 is 11.1 Å². The van der Waals surface area contributed by atoms with Crippen LogP contribution in [0.5, 0.6) is 0 Å². The number of hydrogen-bond acceptors (Lipinski definition) is 3. The zero-order chi connectivity index (χ0) is 14.9. The van der Waals surface area contributed by atoms with Crippen LogP contribution in [0.25, 0.3) is 0 Å². The fourth-order valence-corrected chi connectivity index (χ4v) is 3.20. The molecule has 1 aromatic rings. The lowest BCUT2D eigenvalue weighted by Crippen LogP contribution is -2.50. The van der Waals surface area contributed by atoms with E-state index in [1.165, 1.54) is 0 Å². The van der Waals surface area contributed by atoms with Gasteiger partial charge in [0.1, 0.15) is 5.15 Å². The van der Waals surface area contributed by atoms with E-state index in [1.54, 1.807) is 18.3 Å². The molecule has 20 heavy (non-hydrogen) atoms. The van der Waals surface area contributed by atoms with E-state index < -0.39 is 0 Å². The molecule has 3 atom stereocenters. The number of halogens is 1. The van der Waals surface area contributed by atoms with E-state index in [0.29, 0.717) is 16.8 Å². The van der Waals surface area contributed by atoms with Crippen molar-refractivity contribution in [1.29, 1.82) is 0 Å². The molecule has 1 heterocycles. The maximum Gasteiger partial charge on any atom is 0.228 e. The van der Waals surface area contributed by atoms with Gasteiger partial charge in [-0.3, -0.25) is 4.79 Å². The van der Waals surface area contributed by atoms with Crippen molar-refractivity contribution < 1.29 is 4.79 Å². The zero-order valence-electron chi connectivity index (χ0n) is 12.2. The third-order valence-electron chi connectivity index (χ3n) is 4.81. The van der Waals surface area contributed by atoms with Crippen molar-refractivity contribution in [3.05, 3.63) is 23.5 Å².